The Bertz CT molecular complexity index is 1140. The van der Waals surface area contributed by atoms with E-state index in [0.29, 0.717) is 51.8 Å². The van der Waals surface area contributed by atoms with E-state index in [9.17, 15) is 18.4 Å². The summed E-state index contributed by atoms with van der Waals surface area (Å²) in [6.45, 7) is 0.774. The van der Waals surface area contributed by atoms with Gasteiger partial charge in [-0.3, -0.25) is 9.59 Å². The molecule has 1 heterocycles. The zero-order valence-electron chi connectivity index (χ0n) is 18.4. The average molecular weight is 508 g/mol. The van der Waals surface area contributed by atoms with Gasteiger partial charge in [-0.15, -0.1) is 11.3 Å². The number of thiophene rings is 1. The topological polar surface area (TPSA) is 103 Å². The highest BCUT2D eigenvalue weighted by molar-refractivity contribution is 7.99. The number of nitrogen functional groups attached to an aromatic ring is 1. The first-order chi connectivity index (χ1) is 16.3. The summed E-state index contributed by atoms with van der Waals surface area (Å²) in [5.74, 6) is -2.78. The normalized spacial score (nSPS) is 10.9. The molecule has 0 radical (unpaired) electrons. The summed E-state index contributed by atoms with van der Waals surface area (Å²) in [5.41, 5.74) is 7.26. The zero-order valence-corrected chi connectivity index (χ0v) is 20.0. The number of methoxy groups -OCH3 is 2. The molecule has 0 aliphatic carbocycles. The molecule has 4 N–H and O–H groups in total. The van der Waals surface area contributed by atoms with Gasteiger partial charge in [0.25, 0.3) is 11.7 Å². The van der Waals surface area contributed by atoms with Gasteiger partial charge in [-0.25, -0.2) is 0 Å². The van der Waals surface area contributed by atoms with Crippen LogP contribution in [0.4, 0.5) is 25.2 Å². The summed E-state index contributed by atoms with van der Waals surface area (Å²) in [4.78, 5) is 26.8. The van der Waals surface area contributed by atoms with Crippen molar-refractivity contribution in [2.45, 2.75) is 10.7 Å². The molecule has 34 heavy (non-hydrogen) atoms. The van der Waals surface area contributed by atoms with Crippen molar-refractivity contribution in [2.24, 2.45) is 0 Å². The maximum absolute atomic E-state index is 13.1. The summed E-state index contributed by atoms with van der Waals surface area (Å²) in [5, 5.41) is 6.23. The second kappa shape index (κ2) is 11.8. The fourth-order valence-electron chi connectivity index (χ4n) is 3.02. The molecule has 1 amide bonds. The second-order valence-corrected chi connectivity index (χ2v) is 8.97. The molecule has 0 unspecified atom stereocenters. The first kappa shape index (κ1) is 25.5. The lowest BCUT2D eigenvalue weighted by molar-refractivity contribution is 0.102. The van der Waals surface area contributed by atoms with Crippen LogP contribution in [-0.4, -0.2) is 44.8 Å². The first-order valence-electron chi connectivity index (χ1n) is 10.0. The predicted molar refractivity (Wildman–Crippen MR) is 132 cm³/mol. The quantitative estimate of drug-likeness (QED) is 0.186. The number of hydrogen-bond donors (Lipinski definition) is 3. The number of carbonyl (C=O) groups excluding carboxylic acids is 2. The van der Waals surface area contributed by atoms with Crippen LogP contribution in [0.2, 0.25) is 0 Å². The molecule has 0 bridgehead atoms. The Morgan fingerprint density at radius 1 is 1.09 bits per heavy atom. The third kappa shape index (κ3) is 6.25. The van der Waals surface area contributed by atoms with Gasteiger partial charge in [0.1, 0.15) is 15.6 Å². The van der Waals surface area contributed by atoms with Crippen LogP contribution in [0, 0.1) is 0 Å². The standard InChI is InChI=1S/C23H23F2N3O4S2/c1-31-12-11-27-22-17(21(30)28-14-5-9-16(10-6-14)33-23(24)25)18(26)20(34-22)19(29)13-3-7-15(32-2)8-4-13/h3-10,23,27H,11-12,26H2,1-2H3,(H,28,30). The highest BCUT2D eigenvalue weighted by Gasteiger charge is 2.26. The summed E-state index contributed by atoms with van der Waals surface area (Å²) >= 11 is 1.49. The van der Waals surface area contributed by atoms with Crippen LogP contribution in [0.3, 0.4) is 0 Å². The van der Waals surface area contributed by atoms with E-state index in [1.165, 1.54) is 31.4 Å². The molecule has 0 saturated carbocycles. The molecule has 3 rings (SSSR count). The lowest BCUT2D eigenvalue weighted by Gasteiger charge is -2.09. The lowest BCUT2D eigenvalue weighted by Crippen LogP contribution is -2.16. The minimum Gasteiger partial charge on any atom is -0.497 e. The van der Waals surface area contributed by atoms with Crippen LogP contribution in [0.1, 0.15) is 25.6 Å². The van der Waals surface area contributed by atoms with Gasteiger partial charge in [0.2, 0.25) is 5.78 Å². The average Bonchev–Trinajstić information content (AvgIpc) is 3.15. The van der Waals surface area contributed by atoms with E-state index in [0.717, 1.165) is 11.3 Å². The Kier molecular flexibility index (Phi) is 8.85. The maximum atomic E-state index is 13.1. The minimum atomic E-state index is -2.53. The fraction of sp³-hybridized carbons (Fsp3) is 0.217. The zero-order chi connectivity index (χ0) is 24.7. The molecule has 2 aromatic carbocycles. The highest BCUT2D eigenvalue weighted by atomic mass is 32.2. The number of amides is 1. The molecule has 7 nitrogen and oxygen atoms in total. The van der Waals surface area contributed by atoms with Gasteiger partial charge in [-0.1, -0.05) is 11.8 Å². The summed E-state index contributed by atoms with van der Waals surface area (Å²) in [6.07, 6.45) is 0. The number of ether oxygens (including phenoxy) is 2. The van der Waals surface area contributed by atoms with E-state index in [1.807, 2.05) is 0 Å². The van der Waals surface area contributed by atoms with Crippen LogP contribution in [0.15, 0.2) is 53.4 Å². The van der Waals surface area contributed by atoms with Gasteiger partial charge in [-0.2, -0.15) is 8.78 Å². The Morgan fingerprint density at radius 3 is 2.35 bits per heavy atom. The van der Waals surface area contributed by atoms with Crippen LogP contribution >= 0.6 is 23.1 Å². The van der Waals surface area contributed by atoms with Crippen molar-refractivity contribution in [1.29, 1.82) is 0 Å². The SMILES string of the molecule is COCCNc1sc(C(=O)c2ccc(OC)cc2)c(N)c1C(=O)Nc1ccc(SC(F)F)cc1. The molecule has 3 aromatic rings. The molecule has 11 heteroatoms. The number of halogens is 2. The summed E-state index contributed by atoms with van der Waals surface area (Å²) < 4.78 is 35.2. The molecular weight excluding hydrogens is 484 g/mol. The molecule has 0 fully saturated rings. The number of anilines is 3. The van der Waals surface area contributed by atoms with Gasteiger partial charge in [-0.05, 0) is 48.5 Å². The molecule has 1 aromatic heterocycles. The van der Waals surface area contributed by atoms with Crippen molar-refractivity contribution in [3.63, 3.8) is 0 Å². The first-order valence-corrected chi connectivity index (χ1v) is 11.7. The van der Waals surface area contributed by atoms with Gasteiger partial charge < -0.3 is 25.8 Å². The van der Waals surface area contributed by atoms with E-state index in [1.54, 1.807) is 31.4 Å². The molecule has 0 atom stereocenters. The molecule has 0 saturated heterocycles. The minimum absolute atomic E-state index is 0.0492. The van der Waals surface area contributed by atoms with E-state index >= 15 is 0 Å². The van der Waals surface area contributed by atoms with Crippen LogP contribution < -0.4 is 21.1 Å². The van der Waals surface area contributed by atoms with E-state index in [-0.39, 0.29) is 21.9 Å². The van der Waals surface area contributed by atoms with Gasteiger partial charge in [0, 0.05) is 29.8 Å². The number of hydrogen-bond acceptors (Lipinski definition) is 8. The number of carbonyl (C=O) groups is 2. The Balaban J connectivity index is 1.88. The van der Waals surface area contributed by atoms with Crippen molar-refractivity contribution >= 4 is 51.2 Å². The number of alkyl halides is 2. The Labute approximate surface area is 203 Å². The summed E-state index contributed by atoms with van der Waals surface area (Å²) in [7, 11) is 3.08. The van der Waals surface area contributed by atoms with Crippen molar-refractivity contribution in [2.75, 3.05) is 43.7 Å². The van der Waals surface area contributed by atoms with Crippen LogP contribution in [0.5, 0.6) is 5.75 Å². The van der Waals surface area contributed by atoms with Crippen LogP contribution in [0.25, 0.3) is 0 Å². The molecule has 0 spiro atoms. The Hall–Kier alpha value is -3.15. The third-order valence-electron chi connectivity index (χ3n) is 4.66. The number of nitrogens with one attached hydrogen (secondary N) is 2. The Morgan fingerprint density at radius 2 is 1.76 bits per heavy atom. The summed E-state index contributed by atoms with van der Waals surface area (Å²) in [6, 6.07) is 12.6. The number of rotatable bonds is 11. The van der Waals surface area contributed by atoms with Crippen molar-refractivity contribution in [3.8, 4) is 5.75 Å². The second-order valence-electron chi connectivity index (χ2n) is 6.88. The smallest absolute Gasteiger partial charge is 0.288 e. The predicted octanol–water partition coefficient (Wildman–Crippen LogP) is 5.20. The van der Waals surface area contributed by atoms with Crippen molar-refractivity contribution in [3.05, 3.63) is 64.5 Å². The van der Waals surface area contributed by atoms with E-state index < -0.39 is 11.7 Å². The van der Waals surface area contributed by atoms with E-state index in [2.05, 4.69) is 10.6 Å². The number of nitrogens with two attached hydrogens (primary N) is 1. The van der Waals surface area contributed by atoms with Crippen LogP contribution in [-0.2, 0) is 4.74 Å². The third-order valence-corrected chi connectivity index (χ3v) is 6.54. The monoisotopic (exact) mass is 507 g/mol. The number of benzene rings is 2. The lowest BCUT2D eigenvalue weighted by atomic mass is 10.1. The largest absolute Gasteiger partial charge is 0.497 e. The van der Waals surface area contributed by atoms with Gasteiger partial charge in [0.05, 0.1) is 25.0 Å². The van der Waals surface area contributed by atoms with Gasteiger partial charge >= 0.3 is 0 Å². The number of ketones is 1. The maximum Gasteiger partial charge on any atom is 0.288 e. The van der Waals surface area contributed by atoms with Crippen molar-refractivity contribution < 1.29 is 27.8 Å². The molecule has 0 aliphatic heterocycles. The fourth-order valence-corrected chi connectivity index (χ4v) is 4.62. The molecule has 0 aliphatic rings. The van der Waals surface area contributed by atoms with Crippen molar-refractivity contribution in [1.82, 2.24) is 0 Å². The molecule has 180 valence electrons. The van der Waals surface area contributed by atoms with Gasteiger partial charge in [0.15, 0.2) is 0 Å². The highest BCUT2D eigenvalue weighted by Crippen LogP contribution is 2.38. The molecular formula is C23H23F2N3O4S2. The number of thioether (sulfide) groups is 1. The van der Waals surface area contributed by atoms with E-state index in [4.69, 9.17) is 15.2 Å².